The van der Waals surface area contributed by atoms with Gasteiger partial charge in [-0.1, -0.05) is 32.9 Å². The van der Waals surface area contributed by atoms with Gasteiger partial charge in [0.25, 0.3) is 0 Å². The van der Waals surface area contributed by atoms with E-state index in [-0.39, 0.29) is 0 Å². The monoisotopic (exact) mass is 224 g/mol. The van der Waals surface area contributed by atoms with Crippen LogP contribution in [0.5, 0.6) is 0 Å². The number of rotatable bonds is 2. The van der Waals surface area contributed by atoms with Crippen LogP contribution >= 0.6 is 0 Å². The van der Waals surface area contributed by atoms with Gasteiger partial charge in [0.1, 0.15) is 0 Å². The number of fused-ring (bicyclic) bond motifs is 2. The Morgan fingerprint density at radius 3 is 2.20 bits per heavy atom. The Hall–Kier alpha value is -0.0831. The lowest BCUT2D eigenvalue weighted by Crippen LogP contribution is -2.44. The Morgan fingerprint density at radius 1 is 1.13 bits per heavy atom. The van der Waals surface area contributed by atoms with E-state index < -0.39 is 8.32 Å². The summed E-state index contributed by atoms with van der Waals surface area (Å²) in [7, 11) is -1.54. The first-order valence-electron chi connectivity index (χ1n) is 6.16. The van der Waals surface area contributed by atoms with Crippen LogP contribution in [0.2, 0.25) is 18.1 Å². The molecule has 1 saturated carbocycles. The molecule has 2 aliphatic carbocycles. The van der Waals surface area contributed by atoms with Crippen molar-refractivity contribution in [2.45, 2.75) is 57.8 Å². The number of allylic oxidation sites excluding steroid dienone is 1. The van der Waals surface area contributed by atoms with Gasteiger partial charge in [0.15, 0.2) is 8.32 Å². The van der Waals surface area contributed by atoms with Crippen molar-refractivity contribution in [3.8, 4) is 0 Å². The minimum absolute atomic E-state index is 0.346. The molecule has 86 valence electrons. The van der Waals surface area contributed by atoms with E-state index in [9.17, 15) is 0 Å². The maximum absolute atomic E-state index is 6.48. The average Bonchev–Trinajstić information content (AvgIpc) is 2.61. The zero-order valence-electron chi connectivity index (χ0n) is 10.7. The highest BCUT2D eigenvalue weighted by Gasteiger charge is 2.44. The number of hydrogen-bond donors (Lipinski definition) is 0. The third-order valence-corrected chi connectivity index (χ3v) is 8.97. The summed E-state index contributed by atoms with van der Waals surface area (Å²) in [5.41, 5.74) is 0. The maximum Gasteiger partial charge on any atom is 0.192 e. The summed E-state index contributed by atoms with van der Waals surface area (Å²) in [5.74, 6) is 1.55. The highest BCUT2D eigenvalue weighted by molar-refractivity contribution is 6.74. The zero-order valence-corrected chi connectivity index (χ0v) is 11.7. The molecule has 15 heavy (non-hydrogen) atoms. The van der Waals surface area contributed by atoms with Gasteiger partial charge in [-0.25, -0.2) is 0 Å². The fourth-order valence-electron chi connectivity index (χ4n) is 2.42. The lowest BCUT2D eigenvalue weighted by molar-refractivity contribution is 0.155. The molecule has 0 saturated heterocycles. The summed E-state index contributed by atoms with van der Waals surface area (Å²) < 4.78 is 6.48. The third-order valence-electron chi connectivity index (χ3n) is 4.47. The van der Waals surface area contributed by atoms with Gasteiger partial charge in [-0.2, -0.15) is 0 Å². The second kappa shape index (κ2) is 3.46. The summed E-state index contributed by atoms with van der Waals surface area (Å²) in [6, 6.07) is 0. The molecule has 0 radical (unpaired) electrons. The van der Waals surface area contributed by atoms with Gasteiger partial charge < -0.3 is 4.43 Å². The SMILES string of the molecule is CC(C)(C)[Si](C)(C)O[C@H]1C[C@H]2C=C[C@@H]1C2. The van der Waals surface area contributed by atoms with Crippen LogP contribution in [0.15, 0.2) is 12.2 Å². The van der Waals surface area contributed by atoms with Crippen LogP contribution in [0.4, 0.5) is 0 Å². The first-order chi connectivity index (χ1) is 6.79. The van der Waals surface area contributed by atoms with Crippen molar-refractivity contribution in [3.63, 3.8) is 0 Å². The molecule has 0 aromatic rings. The lowest BCUT2D eigenvalue weighted by atomic mass is 10.1. The fraction of sp³-hybridized carbons (Fsp3) is 0.846. The highest BCUT2D eigenvalue weighted by atomic mass is 28.4. The first kappa shape index (κ1) is 11.4. The Balaban J connectivity index is 2.01. The minimum Gasteiger partial charge on any atom is -0.413 e. The molecule has 2 rings (SSSR count). The molecule has 2 heteroatoms. The Bertz CT molecular complexity index is 275. The maximum atomic E-state index is 6.48. The van der Waals surface area contributed by atoms with E-state index in [1.165, 1.54) is 12.8 Å². The standard InChI is InChI=1S/C13H24OSi/c1-13(2,3)15(4,5)14-12-9-10-6-7-11(12)8-10/h6-7,10-12H,8-9H2,1-5H3/t10-,11+,12-/m0/s1. The van der Waals surface area contributed by atoms with Gasteiger partial charge >= 0.3 is 0 Å². The lowest BCUT2D eigenvalue weighted by Gasteiger charge is -2.39. The van der Waals surface area contributed by atoms with Crippen molar-refractivity contribution in [1.82, 2.24) is 0 Å². The van der Waals surface area contributed by atoms with Crippen molar-refractivity contribution < 1.29 is 4.43 Å². The Kier molecular flexibility index (Phi) is 2.63. The van der Waals surface area contributed by atoms with Crippen LogP contribution in [-0.2, 0) is 4.43 Å². The second-order valence-corrected chi connectivity index (χ2v) is 11.5. The molecular formula is C13H24OSi. The molecule has 0 heterocycles. The molecule has 0 N–H and O–H groups in total. The minimum atomic E-state index is -1.54. The van der Waals surface area contributed by atoms with Gasteiger partial charge in [-0.05, 0) is 36.9 Å². The Labute approximate surface area is 95.0 Å². The summed E-state index contributed by atoms with van der Waals surface area (Å²) in [6.45, 7) is 11.7. The molecule has 0 unspecified atom stereocenters. The molecule has 0 aromatic heterocycles. The van der Waals surface area contributed by atoms with Crippen LogP contribution in [-0.4, -0.2) is 14.4 Å². The van der Waals surface area contributed by atoms with E-state index in [2.05, 4.69) is 46.0 Å². The van der Waals surface area contributed by atoms with E-state index in [0.29, 0.717) is 11.1 Å². The predicted octanol–water partition coefficient (Wildman–Crippen LogP) is 3.97. The predicted molar refractivity (Wildman–Crippen MR) is 67.4 cm³/mol. The first-order valence-corrected chi connectivity index (χ1v) is 9.06. The molecule has 2 aliphatic rings. The van der Waals surface area contributed by atoms with E-state index >= 15 is 0 Å². The topological polar surface area (TPSA) is 9.23 Å². The van der Waals surface area contributed by atoms with E-state index in [0.717, 1.165) is 11.8 Å². The third kappa shape index (κ3) is 2.07. The van der Waals surface area contributed by atoms with Crippen molar-refractivity contribution in [3.05, 3.63) is 12.2 Å². The normalized spacial score (nSPS) is 35.1. The van der Waals surface area contributed by atoms with Crippen LogP contribution in [0.3, 0.4) is 0 Å². The molecule has 0 aliphatic heterocycles. The van der Waals surface area contributed by atoms with Crippen LogP contribution in [0, 0.1) is 11.8 Å². The highest BCUT2D eigenvalue weighted by Crippen LogP contribution is 2.45. The van der Waals surface area contributed by atoms with E-state index in [1.807, 2.05) is 0 Å². The summed E-state index contributed by atoms with van der Waals surface area (Å²) in [5, 5.41) is 0.346. The van der Waals surface area contributed by atoms with Crippen molar-refractivity contribution in [2.75, 3.05) is 0 Å². The van der Waals surface area contributed by atoms with Gasteiger partial charge in [-0.3, -0.25) is 0 Å². The van der Waals surface area contributed by atoms with Crippen molar-refractivity contribution in [1.29, 1.82) is 0 Å². The van der Waals surface area contributed by atoms with Crippen LogP contribution < -0.4 is 0 Å². The Morgan fingerprint density at radius 2 is 1.80 bits per heavy atom. The summed E-state index contributed by atoms with van der Waals surface area (Å²) in [4.78, 5) is 0. The molecule has 0 spiro atoms. The molecule has 1 nitrogen and oxygen atoms in total. The molecule has 2 bridgehead atoms. The van der Waals surface area contributed by atoms with Crippen molar-refractivity contribution in [2.24, 2.45) is 11.8 Å². The average molecular weight is 224 g/mol. The van der Waals surface area contributed by atoms with Gasteiger partial charge in [0, 0.05) is 5.92 Å². The molecule has 0 amide bonds. The van der Waals surface area contributed by atoms with Gasteiger partial charge in [0.05, 0.1) is 6.10 Å². The fourth-order valence-corrected chi connectivity index (χ4v) is 3.80. The smallest absolute Gasteiger partial charge is 0.192 e. The molecule has 3 atom stereocenters. The van der Waals surface area contributed by atoms with Crippen LogP contribution in [0.25, 0.3) is 0 Å². The van der Waals surface area contributed by atoms with Crippen molar-refractivity contribution >= 4 is 8.32 Å². The molecule has 1 fully saturated rings. The summed E-state index contributed by atoms with van der Waals surface area (Å²) in [6.07, 6.45) is 7.91. The number of hydrogen-bond acceptors (Lipinski definition) is 1. The molecule has 0 aromatic carbocycles. The zero-order chi connectivity index (χ0) is 11.3. The largest absolute Gasteiger partial charge is 0.413 e. The second-order valence-electron chi connectivity index (χ2n) is 6.70. The summed E-state index contributed by atoms with van der Waals surface area (Å²) >= 11 is 0. The molecular weight excluding hydrogens is 200 g/mol. The van der Waals surface area contributed by atoms with Gasteiger partial charge in [-0.15, -0.1) is 0 Å². The van der Waals surface area contributed by atoms with E-state index in [1.54, 1.807) is 0 Å². The quantitative estimate of drug-likeness (QED) is 0.509. The van der Waals surface area contributed by atoms with Gasteiger partial charge in [0.2, 0.25) is 0 Å². The van der Waals surface area contributed by atoms with Crippen LogP contribution in [0.1, 0.15) is 33.6 Å². The van der Waals surface area contributed by atoms with E-state index in [4.69, 9.17) is 4.43 Å².